The molecule has 1 rings (SSSR count). The number of para-hydroxylation sites is 1. The number of nitrogens with one attached hydrogen (secondary N) is 1. The van der Waals surface area contributed by atoms with Crippen LogP contribution in [0.15, 0.2) is 29.2 Å². The Bertz CT molecular complexity index is 566. The third-order valence-electron chi connectivity index (χ3n) is 3.15. The van der Waals surface area contributed by atoms with Gasteiger partial charge < -0.3 is 10.2 Å². The summed E-state index contributed by atoms with van der Waals surface area (Å²) in [7, 11) is 3.72. The summed E-state index contributed by atoms with van der Waals surface area (Å²) in [6, 6.07) is 7.03. The van der Waals surface area contributed by atoms with Crippen LogP contribution in [-0.4, -0.2) is 58.9 Å². The van der Waals surface area contributed by atoms with Crippen LogP contribution >= 0.6 is 0 Å². The zero-order chi connectivity index (χ0) is 16.3. The predicted octanol–water partition coefficient (Wildman–Crippen LogP) is 1.94. The van der Waals surface area contributed by atoms with Gasteiger partial charge >= 0.3 is 0 Å². The van der Waals surface area contributed by atoms with Crippen molar-refractivity contribution in [3.8, 4) is 0 Å². The first-order chi connectivity index (χ1) is 9.56. The van der Waals surface area contributed by atoms with Crippen LogP contribution in [0.25, 0.3) is 0 Å². The highest BCUT2D eigenvalue weighted by Crippen LogP contribution is 2.25. The molecule has 0 atom stereocenters. The summed E-state index contributed by atoms with van der Waals surface area (Å²) in [5, 5.41) is 3.29. The summed E-state index contributed by atoms with van der Waals surface area (Å²) in [5.74, 6) is 0. The van der Waals surface area contributed by atoms with Gasteiger partial charge in [-0.25, -0.2) is 12.7 Å². The summed E-state index contributed by atoms with van der Waals surface area (Å²) in [6.07, 6.45) is 0. The van der Waals surface area contributed by atoms with E-state index in [0.29, 0.717) is 17.1 Å². The third kappa shape index (κ3) is 4.98. The first kappa shape index (κ1) is 17.9. The molecule has 0 saturated heterocycles. The highest BCUT2D eigenvalue weighted by Gasteiger charge is 2.23. The summed E-state index contributed by atoms with van der Waals surface area (Å²) < 4.78 is 25.9. The quantitative estimate of drug-likeness (QED) is 0.836. The molecular weight excluding hydrogens is 286 g/mol. The van der Waals surface area contributed by atoms with Gasteiger partial charge in [0, 0.05) is 27.2 Å². The molecule has 0 spiro atoms. The van der Waals surface area contributed by atoms with E-state index in [9.17, 15) is 8.42 Å². The van der Waals surface area contributed by atoms with Crippen LogP contribution < -0.4 is 5.32 Å². The van der Waals surface area contributed by atoms with Crippen LogP contribution in [0, 0.1) is 5.41 Å². The normalized spacial score (nSPS) is 13.0. The monoisotopic (exact) mass is 313 g/mol. The Kier molecular flexibility index (Phi) is 5.78. The van der Waals surface area contributed by atoms with Crippen LogP contribution in [0.2, 0.25) is 0 Å². The summed E-state index contributed by atoms with van der Waals surface area (Å²) >= 11 is 0. The van der Waals surface area contributed by atoms with Gasteiger partial charge in [-0.1, -0.05) is 26.0 Å². The van der Waals surface area contributed by atoms with Gasteiger partial charge in [-0.2, -0.15) is 0 Å². The lowest BCUT2D eigenvalue weighted by Crippen LogP contribution is -2.34. The zero-order valence-electron chi connectivity index (χ0n) is 13.8. The molecule has 0 aliphatic rings. The van der Waals surface area contributed by atoms with Crippen LogP contribution in [0.5, 0.6) is 0 Å². The Morgan fingerprint density at radius 3 is 2.19 bits per heavy atom. The molecule has 1 N–H and O–H groups in total. The average molecular weight is 313 g/mol. The minimum Gasteiger partial charge on any atom is -0.383 e. The minimum atomic E-state index is -3.44. The van der Waals surface area contributed by atoms with Crippen molar-refractivity contribution in [2.75, 3.05) is 46.6 Å². The number of anilines is 1. The van der Waals surface area contributed by atoms with E-state index in [1.807, 2.05) is 26.2 Å². The fourth-order valence-electron chi connectivity index (χ4n) is 2.28. The first-order valence-electron chi connectivity index (χ1n) is 6.96. The van der Waals surface area contributed by atoms with Crippen molar-refractivity contribution in [1.82, 2.24) is 9.21 Å². The Morgan fingerprint density at radius 1 is 1.10 bits per heavy atom. The molecule has 0 aliphatic heterocycles. The fraction of sp³-hybridized carbons (Fsp3) is 0.600. The summed E-state index contributed by atoms with van der Waals surface area (Å²) in [4.78, 5) is 2.44. The Hall–Kier alpha value is -1.11. The van der Waals surface area contributed by atoms with Crippen molar-refractivity contribution in [2.24, 2.45) is 5.41 Å². The maximum Gasteiger partial charge on any atom is 0.244 e. The zero-order valence-corrected chi connectivity index (χ0v) is 14.7. The maximum atomic E-state index is 12.3. The lowest BCUT2D eigenvalue weighted by Gasteiger charge is -2.29. The second-order valence-corrected chi connectivity index (χ2v) is 8.66. The first-order valence-corrected chi connectivity index (χ1v) is 8.40. The molecule has 1 aromatic rings. The predicted molar refractivity (Wildman–Crippen MR) is 88.1 cm³/mol. The molecule has 6 heteroatoms. The average Bonchev–Trinajstić information content (AvgIpc) is 2.35. The van der Waals surface area contributed by atoms with Gasteiger partial charge in [0.05, 0.1) is 5.69 Å². The van der Waals surface area contributed by atoms with Crippen molar-refractivity contribution in [1.29, 1.82) is 0 Å². The van der Waals surface area contributed by atoms with Crippen molar-refractivity contribution in [3.05, 3.63) is 24.3 Å². The Balaban J connectivity index is 2.96. The minimum absolute atomic E-state index is 0.0402. The second-order valence-electron chi connectivity index (χ2n) is 6.54. The molecular formula is C15H27N3O2S. The van der Waals surface area contributed by atoms with E-state index in [1.165, 1.54) is 4.31 Å². The van der Waals surface area contributed by atoms with Gasteiger partial charge in [0.25, 0.3) is 0 Å². The smallest absolute Gasteiger partial charge is 0.244 e. The molecule has 0 aromatic heterocycles. The number of hydrogen-bond donors (Lipinski definition) is 1. The van der Waals surface area contributed by atoms with E-state index < -0.39 is 10.0 Å². The number of nitrogens with zero attached hydrogens (tertiary/aromatic N) is 2. The van der Waals surface area contributed by atoms with E-state index in [4.69, 9.17) is 0 Å². The van der Waals surface area contributed by atoms with Gasteiger partial charge in [0.1, 0.15) is 4.90 Å². The SMILES string of the molecule is CN(C)CC(C)(C)CNc1ccccc1S(=O)(=O)N(C)C. The molecule has 5 nitrogen and oxygen atoms in total. The molecule has 0 unspecified atom stereocenters. The van der Waals surface area contributed by atoms with Crippen molar-refractivity contribution in [3.63, 3.8) is 0 Å². The topological polar surface area (TPSA) is 52.7 Å². The van der Waals surface area contributed by atoms with Gasteiger partial charge in [-0.15, -0.1) is 0 Å². The van der Waals surface area contributed by atoms with Crippen molar-refractivity contribution >= 4 is 15.7 Å². The lowest BCUT2D eigenvalue weighted by molar-refractivity contribution is 0.254. The highest BCUT2D eigenvalue weighted by atomic mass is 32.2. The van der Waals surface area contributed by atoms with Gasteiger partial charge in [-0.05, 0) is 31.6 Å². The molecule has 0 saturated carbocycles. The van der Waals surface area contributed by atoms with Crippen LogP contribution in [0.4, 0.5) is 5.69 Å². The van der Waals surface area contributed by atoms with E-state index in [0.717, 1.165) is 6.54 Å². The highest BCUT2D eigenvalue weighted by molar-refractivity contribution is 7.89. The van der Waals surface area contributed by atoms with Crippen LogP contribution in [-0.2, 0) is 10.0 Å². The van der Waals surface area contributed by atoms with Gasteiger partial charge in [0.2, 0.25) is 10.0 Å². The maximum absolute atomic E-state index is 12.3. The van der Waals surface area contributed by atoms with Gasteiger partial charge in [-0.3, -0.25) is 0 Å². The molecule has 0 radical (unpaired) electrons. The van der Waals surface area contributed by atoms with E-state index in [2.05, 4.69) is 24.1 Å². The number of hydrogen-bond acceptors (Lipinski definition) is 4. The lowest BCUT2D eigenvalue weighted by atomic mass is 9.93. The van der Waals surface area contributed by atoms with Crippen molar-refractivity contribution < 1.29 is 8.42 Å². The van der Waals surface area contributed by atoms with Gasteiger partial charge in [0.15, 0.2) is 0 Å². The van der Waals surface area contributed by atoms with E-state index >= 15 is 0 Å². The van der Waals surface area contributed by atoms with Crippen LogP contribution in [0.3, 0.4) is 0 Å². The van der Waals surface area contributed by atoms with E-state index in [1.54, 1.807) is 26.2 Å². The standard InChI is InChI=1S/C15H27N3O2S/c1-15(2,12-17(3)4)11-16-13-9-7-8-10-14(13)21(19,20)18(5)6/h7-10,16H,11-12H2,1-6H3. The summed E-state index contributed by atoms with van der Waals surface area (Å²) in [5.41, 5.74) is 0.691. The largest absolute Gasteiger partial charge is 0.383 e. The van der Waals surface area contributed by atoms with Crippen molar-refractivity contribution in [2.45, 2.75) is 18.7 Å². The Morgan fingerprint density at radius 2 is 1.67 bits per heavy atom. The number of sulfonamides is 1. The molecule has 0 heterocycles. The van der Waals surface area contributed by atoms with E-state index in [-0.39, 0.29) is 5.41 Å². The third-order valence-corrected chi connectivity index (χ3v) is 5.02. The fourth-order valence-corrected chi connectivity index (χ4v) is 3.34. The molecule has 120 valence electrons. The Labute approximate surface area is 129 Å². The number of benzene rings is 1. The van der Waals surface area contributed by atoms with Crippen LogP contribution in [0.1, 0.15) is 13.8 Å². The molecule has 1 aromatic carbocycles. The molecule has 0 amide bonds. The number of rotatable bonds is 7. The molecule has 0 aliphatic carbocycles. The molecule has 0 bridgehead atoms. The summed E-state index contributed by atoms with van der Waals surface area (Å²) in [6.45, 7) is 5.93. The second kappa shape index (κ2) is 6.77. The molecule has 0 fully saturated rings. The molecule has 21 heavy (non-hydrogen) atoms.